The minimum absolute atomic E-state index is 0.0210. The molecule has 0 aliphatic carbocycles. The lowest BCUT2D eigenvalue weighted by atomic mass is 10.2. The van der Waals surface area contributed by atoms with E-state index in [0.29, 0.717) is 38.0 Å². The predicted octanol–water partition coefficient (Wildman–Crippen LogP) is 2.98. The van der Waals surface area contributed by atoms with Crippen LogP contribution in [0.2, 0.25) is 0 Å². The Morgan fingerprint density at radius 2 is 1.70 bits per heavy atom. The largest absolute Gasteiger partial charge is 0.462 e. The molecule has 0 amide bonds. The van der Waals surface area contributed by atoms with Crippen LogP contribution >= 0.6 is 0 Å². The number of hydrogen-bond acceptors (Lipinski definition) is 5. The van der Waals surface area contributed by atoms with Gasteiger partial charge in [-0.2, -0.15) is 0 Å². The molecule has 0 aliphatic heterocycles. The smallest absolute Gasteiger partial charge is 0.333 e. The van der Waals surface area contributed by atoms with Crippen molar-refractivity contribution in [2.24, 2.45) is 0 Å². The van der Waals surface area contributed by atoms with Gasteiger partial charge in [-0.3, -0.25) is 4.79 Å². The summed E-state index contributed by atoms with van der Waals surface area (Å²) in [5, 5.41) is 0. The molecule has 0 aliphatic rings. The van der Waals surface area contributed by atoms with Crippen LogP contribution in [0.5, 0.6) is 0 Å². The van der Waals surface area contributed by atoms with Crippen LogP contribution in [0.3, 0.4) is 0 Å². The zero-order valence-electron chi connectivity index (χ0n) is 12.6. The Hall–Kier alpha value is -1.36. The number of rotatable bonds is 12. The lowest BCUT2D eigenvalue weighted by Gasteiger charge is -2.06. The second-order valence-electron chi connectivity index (χ2n) is 4.62. The topological polar surface area (TPSA) is 61.8 Å². The van der Waals surface area contributed by atoms with Gasteiger partial charge < -0.3 is 14.2 Å². The molecule has 0 aromatic heterocycles. The van der Waals surface area contributed by atoms with Gasteiger partial charge in [0.2, 0.25) is 0 Å². The summed E-state index contributed by atoms with van der Waals surface area (Å²) in [5.41, 5.74) is 0.379. The highest BCUT2D eigenvalue weighted by Crippen LogP contribution is 2.01. The molecular weight excluding hydrogens is 260 g/mol. The summed E-state index contributed by atoms with van der Waals surface area (Å²) < 4.78 is 15.0. The number of carbonyl (C=O) groups is 2. The Morgan fingerprint density at radius 1 is 1.00 bits per heavy atom. The van der Waals surface area contributed by atoms with Crippen LogP contribution in [0.1, 0.15) is 52.4 Å². The van der Waals surface area contributed by atoms with Crippen LogP contribution in [-0.2, 0) is 23.8 Å². The van der Waals surface area contributed by atoms with Crippen molar-refractivity contribution >= 4 is 11.9 Å². The summed E-state index contributed by atoms with van der Waals surface area (Å²) in [7, 11) is 0. The summed E-state index contributed by atoms with van der Waals surface area (Å²) in [6.07, 6.45) is 4.81. The Kier molecular flexibility index (Phi) is 11.8. The minimum atomic E-state index is -0.395. The predicted molar refractivity (Wildman–Crippen MR) is 76.1 cm³/mol. The average Bonchev–Trinajstić information content (AvgIpc) is 2.41. The summed E-state index contributed by atoms with van der Waals surface area (Å²) in [6.45, 7) is 8.14. The lowest BCUT2D eigenvalue weighted by molar-refractivity contribution is -0.156. The normalized spacial score (nSPS) is 10.1. The van der Waals surface area contributed by atoms with Gasteiger partial charge in [0.25, 0.3) is 0 Å². The third-order valence-corrected chi connectivity index (χ3v) is 2.55. The molecule has 0 atom stereocenters. The van der Waals surface area contributed by atoms with E-state index >= 15 is 0 Å². The maximum absolute atomic E-state index is 11.3. The molecular formula is C15H26O5. The van der Waals surface area contributed by atoms with Gasteiger partial charge in [-0.15, -0.1) is 0 Å². The molecule has 0 spiro atoms. The molecule has 0 saturated carbocycles. The van der Waals surface area contributed by atoms with Crippen molar-refractivity contribution in [1.82, 2.24) is 0 Å². The average molecular weight is 286 g/mol. The van der Waals surface area contributed by atoms with E-state index in [1.54, 1.807) is 6.92 Å². The first-order chi connectivity index (χ1) is 9.57. The minimum Gasteiger partial charge on any atom is -0.462 e. The van der Waals surface area contributed by atoms with Crippen molar-refractivity contribution in [2.75, 3.05) is 20.0 Å². The molecule has 0 unspecified atom stereocenters. The van der Waals surface area contributed by atoms with E-state index in [1.165, 1.54) is 0 Å². The SMILES string of the molecule is C=C(C)C(=O)OCCCCC(=O)OCOCCCCC. The summed E-state index contributed by atoms with van der Waals surface area (Å²) in [6, 6.07) is 0. The monoisotopic (exact) mass is 286 g/mol. The van der Waals surface area contributed by atoms with Gasteiger partial charge >= 0.3 is 11.9 Å². The fourth-order valence-electron chi connectivity index (χ4n) is 1.35. The third kappa shape index (κ3) is 11.7. The molecule has 0 heterocycles. The number of hydrogen-bond donors (Lipinski definition) is 0. The van der Waals surface area contributed by atoms with Crippen molar-refractivity contribution < 1.29 is 23.8 Å². The first-order valence-corrected chi connectivity index (χ1v) is 7.14. The fourth-order valence-corrected chi connectivity index (χ4v) is 1.35. The van der Waals surface area contributed by atoms with Gasteiger partial charge in [-0.25, -0.2) is 4.79 Å². The standard InChI is InChI=1S/C15H26O5/c1-4-5-7-10-18-12-20-14(16)9-6-8-11-19-15(17)13(2)3/h2,4-12H2,1,3H3. The molecule has 5 nitrogen and oxygen atoms in total. The maximum atomic E-state index is 11.3. The van der Waals surface area contributed by atoms with Crippen molar-refractivity contribution in [2.45, 2.75) is 52.4 Å². The number of unbranched alkanes of at least 4 members (excludes halogenated alkanes) is 3. The quantitative estimate of drug-likeness (QED) is 0.239. The lowest BCUT2D eigenvalue weighted by Crippen LogP contribution is -2.10. The number of esters is 2. The van der Waals surface area contributed by atoms with Crippen LogP contribution in [0.25, 0.3) is 0 Å². The van der Waals surface area contributed by atoms with E-state index in [0.717, 1.165) is 19.3 Å². The van der Waals surface area contributed by atoms with E-state index < -0.39 is 5.97 Å². The zero-order valence-corrected chi connectivity index (χ0v) is 12.6. The summed E-state index contributed by atoms with van der Waals surface area (Å²) >= 11 is 0. The van der Waals surface area contributed by atoms with Gasteiger partial charge in [0, 0.05) is 12.0 Å². The van der Waals surface area contributed by atoms with Crippen LogP contribution in [0, 0.1) is 0 Å². The second kappa shape index (κ2) is 12.7. The van der Waals surface area contributed by atoms with Crippen LogP contribution in [0.4, 0.5) is 0 Å². The van der Waals surface area contributed by atoms with E-state index in [9.17, 15) is 9.59 Å². The van der Waals surface area contributed by atoms with Crippen molar-refractivity contribution in [3.8, 4) is 0 Å². The first-order valence-electron chi connectivity index (χ1n) is 7.14. The van der Waals surface area contributed by atoms with Gasteiger partial charge in [-0.05, 0) is 26.2 Å². The van der Waals surface area contributed by atoms with Crippen molar-refractivity contribution in [3.63, 3.8) is 0 Å². The molecule has 0 radical (unpaired) electrons. The zero-order chi connectivity index (χ0) is 15.2. The van der Waals surface area contributed by atoms with E-state index in [1.807, 2.05) is 0 Å². The summed E-state index contributed by atoms with van der Waals surface area (Å²) in [5.74, 6) is -0.681. The Labute approximate surface area is 121 Å². The third-order valence-electron chi connectivity index (χ3n) is 2.55. The highest BCUT2D eigenvalue weighted by molar-refractivity contribution is 5.86. The van der Waals surface area contributed by atoms with Gasteiger partial charge in [-0.1, -0.05) is 26.3 Å². The van der Waals surface area contributed by atoms with Crippen LogP contribution in [0.15, 0.2) is 12.2 Å². The van der Waals surface area contributed by atoms with E-state index in [-0.39, 0.29) is 12.8 Å². The molecule has 0 fully saturated rings. The first kappa shape index (κ1) is 18.6. The highest BCUT2D eigenvalue weighted by Gasteiger charge is 2.05. The maximum Gasteiger partial charge on any atom is 0.333 e. The Bertz CT molecular complexity index is 299. The van der Waals surface area contributed by atoms with Crippen LogP contribution < -0.4 is 0 Å². The van der Waals surface area contributed by atoms with Crippen molar-refractivity contribution in [3.05, 3.63) is 12.2 Å². The molecule has 116 valence electrons. The Morgan fingerprint density at radius 3 is 2.35 bits per heavy atom. The Balaban J connectivity index is 3.32. The molecule has 20 heavy (non-hydrogen) atoms. The fraction of sp³-hybridized carbons (Fsp3) is 0.733. The van der Waals surface area contributed by atoms with Gasteiger partial charge in [0.15, 0.2) is 6.79 Å². The van der Waals surface area contributed by atoms with Gasteiger partial charge in [0.1, 0.15) is 0 Å². The van der Waals surface area contributed by atoms with Crippen LogP contribution in [-0.4, -0.2) is 31.9 Å². The molecule has 0 aromatic carbocycles. The molecule has 0 rings (SSSR count). The summed E-state index contributed by atoms with van der Waals surface area (Å²) in [4.78, 5) is 22.4. The molecule has 0 saturated heterocycles. The second-order valence-corrected chi connectivity index (χ2v) is 4.62. The molecule has 0 N–H and O–H groups in total. The van der Waals surface area contributed by atoms with Crippen molar-refractivity contribution in [1.29, 1.82) is 0 Å². The number of ether oxygens (including phenoxy) is 3. The molecule has 5 heteroatoms. The number of carbonyl (C=O) groups excluding carboxylic acids is 2. The van der Waals surface area contributed by atoms with Gasteiger partial charge in [0.05, 0.1) is 13.2 Å². The van der Waals surface area contributed by atoms with E-state index in [2.05, 4.69) is 13.5 Å². The molecule has 0 aromatic rings. The molecule has 0 bridgehead atoms. The highest BCUT2D eigenvalue weighted by atomic mass is 16.7. The van der Waals surface area contributed by atoms with E-state index in [4.69, 9.17) is 14.2 Å².